The van der Waals surface area contributed by atoms with E-state index < -0.39 is 17.2 Å². The Kier molecular flexibility index (Phi) is 7.17. The number of nitrogens with zero attached hydrogens (tertiary/aromatic N) is 3. The topological polar surface area (TPSA) is 144 Å². The van der Waals surface area contributed by atoms with Crippen molar-refractivity contribution >= 4 is 17.4 Å². The first-order valence-electron chi connectivity index (χ1n) is 10.8. The molecule has 11 nitrogen and oxygen atoms in total. The molecule has 35 heavy (non-hydrogen) atoms. The molecule has 2 heterocycles. The minimum Gasteiger partial charge on any atom is -0.383 e. The van der Waals surface area contributed by atoms with Crippen LogP contribution in [0, 0.1) is 6.92 Å². The Morgan fingerprint density at radius 1 is 1.11 bits per heavy atom. The van der Waals surface area contributed by atoms with Gasteiger partial charge in [0.2, 0.25) is 0 Å². The van der Waals surface area contributed by atoms with Crippen LogP contribution in [0.5, 0.6) is 0 Å². The first-order valence-corrected chi connectivity index (χ1v) is 10.8. The van der Waals surface area contributed by atoms with E-state index in [9.17, 15) is 14.4 Å². The quantitative estimate of drug-likeness (QED) is 0.334. The molecule has 2 aromatic carbocycles. The van der Waals surface area contributed by atoms with E-state index >= 15 is 0 Å². The second kappa shape index (κ2) is 10.6. The molecule has 2 aromatic heterocycles. The Hall–Kier alpha value is -4.51. The van der Waals surface area contributed by atoms with Gasteiger partial charge in [-0.2, -0.15) is 4.98 Å². The number of carbonyl (C=O) groups excluding carboxylic acids is 1. The van der Waals surface area contributed by atoms with Gasteiger partial charge >= 0.3 is 5.69 Å². The van der Waals surface area contributed by atoms with Crippen LogP contribution >= 0.6 is 0 Å². The van der Waals surface area contributed by atoms with Crippen LogP contribution in [0.1, 0.15) is 21.7 Å². The summed E-state index contributed by atoms with van der Waals surface area (Å²) in [5, 5.41) is 9.52. The summed E-state index contributed by atoms with van der Waals surface area (Å²) in [4.78, 5) is 44.8. The van der Waals surface area contributed by atoms with Crippen molar-refractivity contribution in [3.05, 3.63) is 92.4 Å². The Bertz CT molecular complexity index is 1420. The molecule has 0 aliphatic rings. The lowest BCUT2D eigenvalue weighted by Gasteiger charge is -2.18. The van der Waals surface area contributed by atoms with Gasteiger partial charge in [0.15, 0.2) is 5.82 Å². The number of methoxy groups -OCH3 is 1. The maximum atomic E-state index is 13.1. The van der Waals surface area contributed by atoms with Crippen molar-refractivity contribution in [2.24, 2.45) is 0 Å². The highest BCUT2D eigenvalue weighted by atomic mass is 16.5. The molecule has 0 saturated heterocycles. The highest BCUT2D eigenvalue weighted by Crippen LogP contribution is 2.20. The van der Waals surface area contributed by atoms with Crippen LogP contribution in [-0.2, 0) is 17.8 Å². The van der Waals surface area contributed by atoms with Crippen molar-refractivity contribution in [1.82, 2.24) is 19.7 Å². The van der Waals surface area contributed by atoms with Crippen LogP contribution < -0.4 is 21.9 Å². The fourth-order valence-corrected chi connectivity index (χ4v) is 3.41. The van der Waals surface area contributed by atoms with Crippen molar-refractivity contribution < 1.29 is 14.1 Å². The van der Waals surface area contributed by atoms with Gasteiger partial charge in [0.1, 0.15) is 11.5 Å². The zero-order valence-corrected chi connectivity index (χ0v) is 19.2. The van der Waals surface area contributed by atoms with Crippen LogP contribution in [0.4, 0.5) is 11.5 Å². The number of benzene rings is 2. The van der Waals surface area contributed by atoms with Crippen LogP contribution in [0.3, 0.4) is 0 Å². The maximum Gasteiger partial charge on any atom is 0.330 e. The van der Waals surface area contributed by atoms with Crippen molar-refractivity contribution in [3.63, 3.8) is 0 Å². The molecule has 0 atom stereocenters. The minimum absolute atomic E-state index is 0.0494. The standard InChI is InChI=1S/C24H24N6O5/c1-15-26-23(35-29-15)18-10-8-17(9-11-18)21(31)27-20-19(25-14-16-6-4-3-5-7-16)22(32)28-24(33)30(20)12-13-34-2/h3-11,25H,12-14H2,1-2H3,(H,27,31)(H,28,32,33). The highest BCUT2D eigenvalue weighted by molar-refractivity contribution is 6.05. The van der Waals surface area contributed by atoms with Gasteiger partial charge in [-0.05, 0) is 36.8 Å². The normalized spacial score (nSPS) is 10.8. The fraction of sp³-hybridized carbons (Fsp3) is 0.208. The summed E-state index contributed by atoms with van der Waals surface area (Å²) in [5.74, 6) is 0.385. The SMILES string of the molecule is COCCn1c(NC(=O)c2ccc(-c3nc(C)no3)cc2)c(NCc2ccccc2)c(=O)[nH]c1=O. The number of H-pyrrole nitrogens is 1. The Morgan fingerprint density at radius 3 is 2.51 bits per heavy atom. The highest BCUT2D eigenvalue weighted by Gasteiger charge is 2.19. The van der Waals surface area contributed by atoms with E-state index in [1.165, 1.54) is 11.7 Å². The average Bonchev–Trinajstić information content (AvgIpc) is 3.30. The molecular formula is C24H24N6O5. The van der Waals surface area contributed by atoms with E-state index in [-0.39, 0.29) is 24.7 Å². The Morgan fingerprint density at radius 2 is 1.86 bits per heavy atom. The van der Waals surface area contributed by atoms with E-state index in [0.29, 0.717) is 29.4 Å². The molecular weight excluding hydrogens is 452 g/mol. The first kappa shape index (κ1) is 23.6. The monoisotopic (exact) mass is 476 g/mol. The molecule has 0 fully saturated rings. The molecule has 0 radical (unpaired) electrons. The summed E-state index contributed by atoms with van der Waals surface area (Å²) in [5.41, 5.74) is 0.652. The van der Waals surface area contributed by atoms with Crippen molar-refractivity contribution in [2.45, 2.75) is 20.0 Å². The number of anilines is 2. The number of aryl methyl sites for hydroxylation is 1. The molecule has 11 heteroatoms. The number of aromatic amines is 1. The van der Waals surface area contributed by atoms with Crippen molar-refractivity contribution in [3.8, 4) is 11.5 Å². The van der Waals surface area contributed by atoms with Crippen LogP contribution in [0.25, 0.3) is 11.5 Å². The molecule has 0 unspecified atom stereocenters. The number of amides is 1. The van der Waals surface area contributed by atoms with Gasteiger partial charge in [-0.15, -0.1) is 0 Å². The van der Waals surface area contributed by atoms with E-state index in [2.05, 4.69) is 25.8 Å². The van der Waals surface area contributed by atoms with E-state index in [1.54, 1.807) is 31.2 Å². The average molecular weight is 476 g/mol. The Labute approximate surface area is 199 Å². The molecule has 4 rings (SSSR count). The summed E-state index contributed by atoms with van der Waals surface area (Å²) >= 11 is 0. The summed E-state index contributed by atoms with van der Waals surface area (Å²) in [6, 6.07) is 16.0. The molecule has 0 saturated carbocycles. The molecule has 0 aliphatic carbocycles. The smallest absolute Gasteiger partial charge is 0.330 e. The largest absolute Gasteiger partial charge is 0.383 e. The molecule has 0 spiro atoms. The lowest BCUT2D eigenvalue weighted by atomic mass is 10.1. The lowest BCUT2D eigenvalue weighted by Crippen LogP contribution is -2.36. The lowest BCUT2D eigenvalue weighted by molar-refractivity contribution is 0.102. The first-order chi connectivity index (χ1) is 17.0. The van der Waals surface area contributed by atoms with Crippen LogP contribution in [-0.4, -0.2) is 39.3 Å². The van der Waals surface area contributed by atoms with E-state index in [4.69, 9.17) is 9.26 Å². The predicted molar refractivity (Wildman–Crippen MR) is 129 cm³/mol. The van der Waals surface area contributed by atoms with Gasteiger partial charge in [0.05, 0.1) is 13.2 Å². The number of hydrogen-bond acceptors (Lipinski definition) is 8. The van der Waals surface area contributed by atoms with Crippen molar-refractivity contribution in [1.29, 1.82) is 0 Å². The number of carbonyl (C=O) groups is 1. The van der Waals surface area contributed by atoms with Gasteiger partial charge < -0.3 is 19.9 Å². The van der Waals surface area contributed by atoms with Gasteiger partial charge in [-0.1, -0.05) is 35.5 Å². The number of hydrogen-bond donors (Lipinski definition) is 3. The second-order valence-corrected chi connectivity index (χ2v) is 7.64. The Balaban J connectivity index is 1.64. The van der Waals surface area contributed by atoms with Gasteiger partial charge in [-0.25, -0.2) is 4.79 Å². The zero-order valence-electron chi connectivity index (χ0n) is 19.2. The predicted octanol–water partition coefficient (Wildman–Crippen LogP) is 2.41. The molecule has 0 bridgehead atoms. The minimum atomic E-state index is -0.658. The molecule has 4 aromatic rings. The summed E-state index contributed by atoms with van der Waals surface area (Å²) < 4.78 is 11.5. The molecule has 1 amide bonds. The third-order valence-corrected chi connectivity index (χ3v) is 5.18. The maximum absolute atomic E-state index is 13.1. The zero-order chi connectivity index (χ0) is 24.8. The fourth-order valence-electron chi connectivity index (χ4n) is 3.41. The van der Waals surface area contributed by atoms with Crippen LogP contribution in [0.15, 0.2) is 68.7 Å². The van der Waals surface area contributed by atoms with Gasteiger partial charge in [0.25, 0.3) is 17.4 Å². The second-order valence-electron chi connectivity index (χ2n) is 7.64. The number of ether oxygens (including phenoxy) is 1. The summed E-state index contributed by atoms with van der Waals surface area (Å²) in [6.07, 6.45) is 0. The number of nitrogens with one attached hydrogen (secondary N) is 3. The van der Waals surface area contributed by atoms with Crippen molar-refractivity contribution in [2.75, 3.05) is 24.4 Å². The third-order valence-electron chi connectivity index (χ3n) is 5.18. The van der Waals surface area contributed by atoms with E-state index in [1.807, 2.05) is 30.3 Å². The molecule has 180 valence electrons. The van der Waals surface area contributed by atoms with Gasteiger partial charge in [-0.3, -0.25) is 19.1 Å². The summed E-state index contributed by atoms with van der Waals surface area (Å²) in [7, 11) is 1.50. The number of aromatic nitrogens is 4. The van der Waals surface area contributed by atoms with E-state index in [0.717, 1.165) is 5.56 Å². The van der Waals surface area contributed by atoms with Crippen LogP contribution in [0.2, 0.25) is 0 Å². The summed E-state index contributed by atoms with van der Waals surface area (Å²) in [6.45, 7) is 2.35. The number of rotatable bonds is 9. The van der Waals surface area contributed by atoms with Gasteiger partial charge in [0, 0.05) is 24.8 Å². The molecule has 3 N–H and O–H groups in total. The molecule has 0 aliphatic heterocycles. The third kappa shape index (κ3) is 5.53.